The first kappa shape index (κ1) is 10.0. The van der Waals surface area contributed by atoms with Crippen LogP contribution in [0.4, 0.5) is 0 Å². The zero-order chi connectivity index (χ0) is 8.81. The van der Waals surface area contributed by atoms with Gasteiger partial charge in [0.15, 0.2) is 0 Å². The summed E-state index contributed by atoms with van der Waals surface area (Å²) in [6.45, 7) is 6.48. The first-order valence-electron chi connectivity index (χ1n) is 5.43. The fourth-order valence-electron chi connectivity index (χ4n) is 2.11. The second-order valence-electron chi connectivity index (χ2n) is 3.41. The lowest BCUT2D eigenvalue weighted by Gasteiger charge is -2.37. The maximum absolute atomic E-state index is 3.56. The molecule has 2 atom stereocenters. The van der Waals surface area contributed by atoms with Crippen molar-refractivity contribution in [3.05, 3.63) is 0 Å². The van der Waals surface area contributed by atoms with E-state index < -0.39 is 0 Å². The van der Waals surface area contributed by atoms with Crippen LogP contribution in [-0.2, 0) is 0 Å². The minimum atomic E-state index is 0.794. The van der Waals surface area contributed by atoms with E-state index in [1.165, 1.54) is 38.8 Å². The van der Waals surface area contributed by atoms with Crippen molar-refractivity contribution in [3.8, 4) is 0 Å². The van der Waals surface area contributed by atoms with Crippen molar-refractivity contribution in [1.82, 2.24) is 10.6 Å². The topological polar surface area (TPSA) is 24.1 Å². The van der Waals surface area contributed by atoms with Gasteiger partial charge in [0.1, 0.15) is 0 Å². The lowest BCUT2D eigenvalue weighted by Crippen LogP contribution is -2.54. The summed E-state index contributed by atoms with van der Waals surface area (Å²) in [6.07, 6.45) is 5.48. The molecule has 0 spiro atoms. The van der Waals surface area contributed by atoms with Gasteiger partial charge in [-0.2, -0.15) is 0 Å². The fourth-order valence-corrected chi connectivity index (χ4v) is 2.11. The van der Waals surface area contributed by atoms with E-state index in [0.717, 1.165) is 12.1 Å². The van der Waals surface area contributed by atoms with Crippen molar-refractivity contribution in [1.29, 1.82) is 0 Å². The number of fused-ring (bicyclic) bond motifs is 1. The van der Waals surface area contributed by atoms with Crippen LogP contribution in [0.5, 0.6) is 0 Å². The molecular weight excluding hydrogens is 148 g/mol. The average molecular weight is 170 g/mol. The predicted octanol–water partition coefficient (Wildman–Crippen LogP) is 1.52. The quantitative estimate of drug-likeness (QED) is 0.576. The van der Waals surface area contributed by atoms with Gasteiger partial charge in [0.05, 0.1) is 0 Å². The summed E-state index contributed by atoms with van der Waals surface area (Å²) in [6, 6.07) is 1.59. The standard InChI is InChI=1S/C8H16N2.C2H6/c1-3-7-8(9-5-1)4-2-6-10-7;1-2/h7-10H,1-6H2;1-2H3. The molecule has 2 rings (SSSR count). The molecular formula is C10H22N2. The van der Waals surface area contributed by atoms with E-state index in [1.807, 2.05) is 13.8 Å². The molecule has 2 aliphatic heterocycles. The number of piperidine rings is 2. The third-order valence-electron chi connectivity index (χ3n) is 2.68. The molecule has 0 bridgehead atoms. The molecule has 0 saturated carbocycles. The monoisotopic (exact) mass is 170 g/mol. The highest BCUT2D eigenvalue weighted by atomic mass is 15.0. The molecule has 0 amide bonds. The van der Waals surface area contributed by atoms with Crippen LogP contribution in [-0.4, -0.2) is 25.2 Å². The molecule has 2 fully saturated rings. The highest BCUT2D eigenvalue weighted by molar-refractivity contribution is 4.89. The fraction of sp³-hybridized carbons (Fsp3) is 1.00. The Morgan fingerprint density at radius 1 is 0.833 bits per heavy atom. The Bertz CT molecular complexity index is 88.4. The van der Waals surface area contributed by atoms with E-state index in [0.29, 0.717) is 0 Å². The Hall–Kier alpha value is -0.0800. The van der Waals surface area contributed by atoms with Crippen molar-refractivity contribution in [2.24, 2.45) is 0 Å². The Kier molecular flexibility index (Phi) is 4.62. The third kappa shape index (κ3) is 2.46. The smallest absolute Gasteiger partial charge is 0.0221 e. The van der Waals surface area contributed by atoms with E-state index in [-0.39, 0.29) is 0 Å². The van der Waals surface area contributed by atoms with E-state index in [2.05, 4.69) is 10.6 Å². The molecule has 0 aliphatic carbocycles. The van der Waals surface area contributed by atoms with Gasteiger partial charge in [-0.1, -0.05) is 13.8 Å². The molecule has 2 aliphatic rings. The van der Waals surface area contributed by atoms with Gasteiger partial charge in [0, 0.05) is 12.1 Å². The summed E-state index contributed by atoms with van der Waals surface area (Å²) in [5, 5.41) is 7.12. The Morgan fingerprint density at radius 2 is 1.25 bits per heavy atom. The molecule has 12 heavy (non-hydrogen) atoms. The van der Waals surface area contributed by atoms with Gasteiger partial charge < -0.3 is 10.6 Å². The van der Waals surface area contributed by atoms with Gasteiger partial charge in [-0.15, -0.1) is 0 Å². The van der Waals surface area contributed by atoms with Crippen molar-refractivity contribution in [2.75, 3.05) is 13.1 Å². The third-order valence-corrected chi connectivity index (χ3v) is 2.68. The van der Waals surface area contributed by atoms with Crippen LogP contribution in [0.3, 0.4) is 0 Å². The van der Waals surface area contributed by atoms with E-state index in [4.69, 9.17) is 0 Å². The summed E-state index contributed by atoms with van der Waals surface area (Å²) < 4.78 is 0. The summed E-state index contributed by atoms with van der Waals surface area (Å²) >= 11 is 0. The van der Waals surface area contributed by atoms with Crippen LogP contribution in [0.2, 0.25) is 0 Å². The molecule has 0 radical (unpaired) electrons. The first-order valence-corrected chi connectivity index (χ1v) is 5.43. The summed E-state index contributed by atoms with van der Waals surface area (Å²) in [5.74, 6) is 0. The number of hydrogen-bond acceptors (Lipinski definition) is 2. The summed E-state index contributed by atoms with van der Waals surface area (Å²) in [7, 11) is 0. The molecule has 2 heteroatoms. The lowest BCUT2D eigenvalue weighted by molar-refractivity contribution is 0.251. The zero-order valence-electron chi connectivity index (χ0n) is 8.40. The minimum absolute atomic E-state index is 0.794. The van der Waals surface area contributed by atoms with E-state index >= 15 is 0 Å². The Labute approximate surface area is 76.1 Å². The lowest BCUT2D eigenvalue weighted by atomic mass is 9.92. The maximum Gasteiger partial charge on any atom is 0.0221 e. The van der Waals surface area contributed by atoms with Crippen LogP contribution >= 0.6 is 0 Å². The largest absolute Gasteiger partial charge is 0.312 e. The van der Waals surface area contributed by atoms with Crippen LogP contribution < -0.4 is 10.6 Å². The number of rotatable bonds is 0. The van der Waals surface area contributed by atoms with Crippen molar-refractivity contribution in [3.63, 3.8) is 0 Å². The van der Waals surface area contributed by atoms with Gasteiger partial charge in [-0.3, -0.25) is 0 Å². The molecule has 0 aromatic rings. The zero-order valence-corrected chi connectivity index (χ0v) is 8.40. The molecule has 2 saturated heterocycles. The minimum Gasteiger partial charge on any atom is -0.312 e. The van der Waals surface area contributed by atoms with Crippen molar-refractivity contribution in [2.45, 2.75) is 51.6 Å². The van der Waals surface area contributed by atoms with Crippen LogP contribution in [0.15, 0.2) is 0 Å². The Morgan fingerprint density at radius 3 is 1.67 bits per heavy atom. The summed E-state index contributed by atoms with van der Waals surface area (Å²) in [4.78, 5) is 0. The van der Waals surface area contributed by atoms with Crippen LogP contribution in [0.1, 0.15) is 39.5 Å². The van der Waals surface area contributed by atoms with Gasteiger partial charge in [-0.25, -0.2) is 0 Å². The van der Waals surface area contributed by atoms with Crippen molar-refractivity contribution >= 4 is 0 Å². The summed E-state index contributed by atoms with van der Waals surface area (Å²) in [5.41, 5.74) is 0. The van der Waals surface area contributed by atoms with Crippen LogP contribution in [0.25, 0.3) is 0 Å². The van der Waals surface area contributed by atoms with Crippen molar-refractivity contribution < 1.29 is 0 Å². The van der Waals surface area contributed by atoms with Gasteiger partial charge in [-0.05, 0) is 38.8 Å². The second-order valence-corrected chi connectivity index (χ2v) is 3.41. The molecule has 2 heterocycles. The second kappa shape index (κ2) is 5.55. The molecule has 72 valence electrons. The predicted molar refractivity (Wildman–Crippen MR) is 53.4 cm³/mol. The molecule has 0 aromatic heterocycles. The normalized spacial score (nSPS) is 34.5. The van der Waals surface area contributed by atoms with Gasteiger partial charge >= 0.3 is 0 Å². The molecule has 2 unspecified atom stereocenters. The SMILES string of the molecule is C1CNC2CCCNC2C1.CC. The Balaban J connectivity index is 0.000000336. The number of hydrogen-bond donors (Lipinski definition) is 2. The van der Waals surface area contributed by atoms with Gasteiger partial charge in [0.25, 0.3) is 0 Å². The molecule has 2 N–H and O–H groups in total. The van der Waals surface area contributed by atoms with Gasteiger partial charge in [0.2, 0.25) is 0 Å². The van der Waals surface area contributed by atoms with E-state index in [1.54, 1.807) is 0 Å². The maximum atomic E-state index is 3.56. The highest BCUT2D eigenvalue weighted by Gasteiger charge is 2.26. The number of nitrogens with one attached hydrogen (secondary N) is 2. The average Bonchev–Trinajstić information content (AvgIpc) is 2.21. The van der Waals surface area contributed by atoms with E-state index in [9.17, 15) is 0 Å². The molecule has 0 aromatic carbocycles. The van der Waals surface area contributed by atoms with Crippen LogP contribution in [0, 0.1) is 0 Å². The highest BCUT2D eigenvalue weighted by Crippen LogP contribution is 2.16. The first-order chi connectivity index (χ1) is 5.97. The molecule has 2 nitrogen and oxygen atoms in total.